The van der Waals surface area contributed by atoms with E-state index in [0.717, 1.165) is 0 Å². The Morgan fingerprint density at radius 2 is 1.42 bits per heavy atom. The summed E-state index contributed by atoms with van der Waals surface area (Å²) in [6.07, 6.45) is 0. The summed E-state index contributed by atoms with van der Waals surface area (Å²) in [4.78, 5) is 22.3. The number of anilines is 5. The van der Waals surface area contributed by atoms with E-state index in [2.05, 4.69) is 25.9 Å². The van der Waals surface area contributed by atoms with Crippen LogP contribution in [0.5, 0.6) is 17.2 Å². The predicted octanol–water partition coefficient (Wildman–Crippen LogP) is 6.86. The maximum atomic E-state index is 13.1. The summed E-state index contributed by atoms with van der Waals surface area (Å²) in [7, 11) is 4.62. The maximum absolute atomic E-state index is 13.1. The fraction of sp³-hybridized carbons (Fsp3) is 0.148. The lowest BCUT2D eigenvalue weighted by Gasteiger charge is -2.17. The minimum absolute atomic E-state index is 0.283. The molecule has 0 saturated carbocycles. The van der Waals surface area contributed by atoms with E-state index in [0.29, 0.717) is 61.4 Å². The van der Waals surface area contributed by atoms with Crippen molar-refractivity contribution in [3.63, 3.8) is 0 Å². The van der Waals surface area contributed by atoms with Crippen molar-refractivity contribution in [3.05, 3.63) is 82.0 Å². The molecule has 38 heavy (non-hydrogen) atoms. The second kappa shape index (κ2) is 11.9. The minimum Gasteiger partial charge on any atom is -0.497 e. The molecular weight excluding hydrogens is 529 g/mol. The number of hydrogen-bond acceptors (Lipinski definition) is 8. The van der Waals surface area contributed by atoms with E-state index in [1.54, 1.807) is 81.8 Å². The third kappa shape index (κ3) is 6.19. The predicted molar refractivity (Wildman–Crippen MR) is 150 cm³/mol. The van der Waals surface area contributed by atoms with E-state index in [4.69, 9.17) is 37.4 Å². The summed E-state index contributed by atoms with van der Waals surface area (Å²) < 4.78 is 15.7. The Bertz CT molecular complexity index is 1480. The van der Waals surface area contributed by atoms with E-state index in [-0.39, 0.29) is 11.9 Å². The Balaban J connectivity index is 1.71. The van der Waals surface area contributed by atoms with Crippen LogP contribution >= 0.6 is 23.2 Å². The number of methoxy groups -OCH3 is 3. The van der Waals surface area contributed by atoms with Crippen LogP contribution in [0.2, 0.25) is 10.0 Å². The number of hydrogen-bond donors (Lipinski definition) is 3. The fourth-order valence-electron chi connectivity index (χ4n) is 3.57. The number of carbonyl (C=O) groups excluding carboxylic acids is 1. The summed E-state index contributed by atoms with van der Waals surface area (Å²) in [6, 6.07) is 17.3. The Kier molecular flexibility index (Phi) is 8.40. The molecule has 0 fully saturated rings. The summed E-state index contributed by atoms with van der Waals surface area (Å²) in [6.45, 7) is 1.77. The highest BCUT2D eigenvalue weighted by molar-refractivity contribution is 6.32. The zero-order valence-electron chi connectivity index (χ0n) is 21.1. The highest BCUT2D eigenvalue weighted by Crippen LogP contribution is 2.33. The molecular formula is C27H25Cl2N5O4. The molecule has 0 unspecified atom stereocenters. The molecule has 0 radical (unpaired) electrons. The van der Waals surface area contributed by atoms with E-state index >= 15 is 0 Å². The third-order valence-corrected chi connectivity index (χ3v) is 6.07. The van der Waals surface area contributed by atoms with E-state index < -0.39 is 0 Å². The standard InChI is InChI=1S/C27H25Cl2N5O4/c1-15-24(33-26(35)16-6-5-7-19(12-16)36-2)25(31-17-8-10-22(37-3)20(28)13-17)34-27(30-15)32-18-9-11-23(38-4)21(29)14-18/h5-14H,1-4H3,(H,33,35)(H2,30,31,32,34). The number of ether oxygens (including phenoxy) is 3. The van der Waals surface area contributed by atoms with Crippen molar-refractivity contribution in [1.29, 1.82) is 0 Å². The van der Waals surface area contributed by atoms with Crippen molar-refractivity contribution >= 4 is 57.9 Å². The van der Waals surface area contributed by atoms with Gasteiger partial charge in [0, 0.05) is 16.9 Å². The molecule has 1 amide bonds. The van der Waals surface area contributed by atoms with Gasteiger partial charge in [0.05, 0.1) is 37.1 Å². The van der Waals surface area contributed by atoms with Gasteiger partial charge in [-0.15, -0.1) is 0 Å². The first-order valence-corrected chi connectivity index (χ1v) is 12.1. The van der Waals surface area contributed by atoms with Crippen LogP contribution in [0, 0.1) is 6.92 Å². The van der Waals surface area contributed by atoms with Crippen molar-refractivity contribution in [1.82, 2.24) is 9.97 Å². The number of carbonyl (C=O) groups is 1. The van der Waals surface area contributed by atoms with Crippen LogP contribution in [-0.4, -0.2) is 37.2 Å². The molecule has 196 valence electrons. The van der Waals surface area contributed by atoms with Gasteiger partial charge in [-0.1, -0.05) is 29.3 Å². The molecule has 9 nitrogen and oxygen atoms in total. The topological polar surface area (TPSA) is 107 Å². The second-order valence-electron chi connectivity index (χ2n) is 7.99. The van der Waals surface area contributed by atoms with Crippen LogP contribution in [-0.2, 0) is 0 Å². The van der Waals surface area contributed by atoms with Gasteiger partial charge >= 0.3 is 0 Å². The van der Waals surface area contributed by atoms with Crippen LogP contribution in [0.15, 0.2) is 60.7 Å². The highest BCUT2D eigenvalue weighted by atomic mass is 35.5. The second-order valence-corrected chi connectivity index (χ2v) is 8.81. The number of benzene rings is 3. The normalized spacial score (nSPS) is 10.5. The molecule has 4 aromatic rings. The number of aryl methyl sites for hydroxylation is 1. The Labute approximate surface area is 230 Å². The number of aromatic nitrogens is 2. The Morgan fingerprint density at radius 3 is 2.00 bits per heavy atom. The van der Waals surface area contributed by atoms with E-state index in [1.165, 1.54) is 7.11 Å². The highest BCUT2D eigenvalue weighted by Gasteiger charge is 2.17. The van der Waals surface area contributed by atoms with Crippen molar-refractivity contribution in [2.24, 2.45) is 0 Å². The number of nitrogens with zero attached hydrogens (tertiary/aromatic N) is 2. The van der Waals surface area contributed by atoms with Crippen LogP contribution in [0.25, 0.3) is 0 Å². The maximum Gasteiger partial charge on any atom is 0.255 e. The Hall–Kier alpha value is -4.21. The molecule has 1 heterocycles. The van der Waals surface area contributed by atoms with Gasteiger partial charge in [0.15, 0.2) is 5.82 Å². The van der Waals surface area contributed by atoms with E-state index in [9.17, 15) is 4.79 Å². The first kappa shape index (κ1) is 26.8. The number of amides is 1. The first-order chi connectivity index (χ1) is 18.3. The lowest BCUT2D eigenvalue weighted by atomic mass is 10.2. The smallest absolute Gasteiger partial charge is 0.255 e. The van der Waals surface area contributed by atoms with Gasteiger partial charge in [-0.05, 0) is 61.5 Å². The van der Waals surface area contributed by atoms with Gasteiger partial charge in [-0.25, -0.2) is 4.98 Å². The minimum atomic E-state index is -0.353. The SMILES string of the molecule is COc1cccc(C(=O)Nc2c(C)nc(Nc3ccc(OC)c(Cl)c3)nc2Nc2ccc(OC)c(Cl)c2)c1. The number of halogens is 2. The Morgan fingerprint density at radius 1 is 0.789 bits per heavy atom. The molecule has 0 aliphatic heterocycles. The molecule has 3 N–H and O–H groups in total. The van der Waals surface area contributed by atoms with Crippen LogP contribution in [0.4, 0.5) is 28.8 Å². The van der Waals surface area contributed by atoms with Crippen LogP contribution in [0.1, 0.15) is 16.1 Å². The summed E-state index contributed by atoms with van der Waals surface area (Å²) >= 11 is 12.6. The van der Waals surface area contributed by atoms with Crippen molar-refractivity contribution < 1.29 is 19.0 Å². The van der Waals surface area contributed by atoms with Crippen LogP contribution in [0.3, 0.4) is 0 Å². The molecule has 3 aromatic carbocycles. The van der Waals surface area contributed by atoms with Crippen LogP contribution < -0.4 is 30.2 Å². The zero-order valence-corrected chi connectivity index (χ0v) is 22.6. The molecule has 0 atom stereocenters. The first-order valence-electron chi connectivity index (χ1n) is 11.4. The number of rotatable bonds is 9. The van der Waals surface area contributed by atoms with Gasteiger partial charge in [0.1, 0.15) is 22.9 Å². The molecule has 0 aliphatic carbocycles. The molecule has 0 spiro atoms. The zero-order chi connectivity index (χ0) is 27.2. The molecule has 0 bridgehead atoms. The van der Waals surface area contributed by atoms with Gasteiger partial charge in [-0.3, -0.25) is 4.79 Å². The van der Waals surface area contributed by atoms with Gasteiger partial charge < -0.3 is 30.2 Å². The van der Waals surface area contributed by atoms with Gasteiger partial charge in [0.2, 0.25) is 5.95 Å². The van der Waals surface area contributed by atoms with Gasteiger partial charge in [-0.2, -0.15) is 4.98 Å². The summed E-state index contributed by atoms with van der Waals surface area (Å²) in [5.74, 6) is 1.91. The van der Waals surface area contributed by atoms with E-state index in [1.807, 2.05) is 0 Å². The molecule has 1 aromatic heterocycles. The number of nitrogens with one attached hydrogen (secondary N) is 3. The lowest BCUT2D eigenvalue weighted by molar-refractivity contribution is 0.102. The largest absolute Gasteiger partial charge is 0.497 e. The average molecular weight is 554 g/mol. The third-order valence-electron chi connectivity index (χ3n) is 5.48. The average Bonchev–Trinajstić information content (AvgIpc) is 2.91. The monoisotopic (exact) mass is 553 g/mol. The molecule has 0 saturated heterocycles. The van der Waals surface area contributed by atoms with Crippen molar-refractivity contribution in [2.45, 2.75) is 6.92 Å². The molecule has 4 rings (SSSR count). The van der Waals surface area contributed by atoms with Gasteiger partial charge in [0.25, 0.3) is 5.91 Å². The lowest BCUT2D eigenvalue weighted by Crippen LogP contribution is -2.16. The summed E-state index contributed by atoms with van der Waals surface area (Å²) in [5.41, 5.74) is 2.60. The fourth-order valence-corrected chi connectivity index (χ4v) is 4.09. The molecule has 11 heteroatoms. The van der Waals surface area contributed by atoms with Crippen molar-refractivity contribution in [2.75, 3.05) is 37.3 Å². The summed E-state index contributed by atoms with van der Waals surface area (Å²) in [5, 5.41) is 10.1. The molecule has 0 aliphatic rings. The van der Waals surface area contributed by atoms with Crippen molar-refractivity contribution in [3.8, 4) is 17.2 Å². The quantitative estimate of drug-likeness (QED) is 0.206.